The molecule has 25 heavy (non-hydrogen) atoms. The van der Waals surface area contributed by atoms with E-state index in [1.54, 1.807) is 25.1 Å². The Balaban J connectivity index is 1.77. The summed E-state index contributed by atoms with van der Waals surface area (Å²) in [5.41, 5.74) is 14.0. The van der Waals surface area contributed by atoms with Crippen LogP contribution in [-0.4, -0.2) is 25.0 Å². The zero-order chi connectivity index (χ0) is 18.0. The Morgan fingerprint density at radius 3 is 2.84 bits per heavy atom. The summed E-state index contributed by atoms with van der Waals surface area (Å²) in [5.74, 6) is 0.562. The van der Waals surface area contributed by atoms with E-state index in [2.05, 4.69) is 10.3 Å². The molecule has 1 aliphatic carbocycles. The van der Waals surface area contributed by atoms with Crippen molar-refractivity contribution in [1.82, 2.24) is 5.32 Å². The Kier molecular flexibility index (Phi) is 4.89. The highest BCUT2D eigenvalue weighted by atomic mass is 35.5. The Bertz CT molecular complexity index is 776. The van der Waals surface area contributed by atoms with Crippen LogP contribution in [0.1, 0.15) is 31.7 Å². The lowest BCUT2D eigenvalue weighted by molar-refractivity contribution is 0.0264. The van der Waals surface area contributed by atoms with Crippen LogP contribution in [0.25, 0.3) is 0 Å². The molecule has 0 bridgehead atoms. The SMILES string of the molecule is C/C(C(N)=Nc1ccc(C#N)cc1Cl)=C(/N)OC1CCNCC12CC2. The molecule has 1 saturated carbocycles. The second-order valence-corrected chi connectivity index (χ2v) is 7.11. The number of piperidine rings is 1. The molecular formula is C18H22ClN5O. The molecule has 1 saturated heterocycles. The van der Waals surface area contributed by atoms with Crippen molar-refractivity contribution in [2.24, 2.45) is 21.9 Å². The molecule has 132 valence electrons. The van der Waals surface area contributed by atoms with E-state index in [4.69, 9.17) is 33.1 Å². The first-order chi connectivity index (χ1) is 11.9. The summed E-state index contributed by atoms with van der Waals surface area (Å²) in [4.78, 5) is 4.32. The van der Waals surface area contributed by atoms with Gasteiger partial charge in [0.1, 0.15) is 11.9 Å². The molecule has 1 aromatic carbocycles. The first-order valence-corrected chi connectivity index (χ1v) is 8.71. The number of hydrogen-bond donors (Lipinski definition) is 3. The van der Waals surface area contributed by atoms with Gasteiger partial charge in [-0.05, 0) is 50.9 Å². The largest absolute Gasteiger partial charge is 0.475 e. The van der Waals surface area contributed by atoms with Gasteiger partial charge in [-0.15, -0.1) is 0 Å². The van der Waals surface area contributed by atoms with Crippen LogP contribution in [0.2, 0.25) is 5.02 Å². The van der Waals surface area contributed by atoms with Gasteiger partial charge in [0.25, 0.3) is 0 Å². The molecule has 0 aromatic heterocycles. The summed E-state index contributed by atoms with van der Waals surface area (Å²) in [7, 11) is 0. The van der Waals surface area contributed by atoms with E-state index in [1.807, 2.05) is 6.07 Å². The lowest BCUT2D eigenvalue weighted by Crippen LogP contribution is -2.43. The fourth-order valence-corrected chi connectivity index (χ4v) is 3.31. The predicted molar refractivity (Wildman–Crippen MR) is 98.4 cm³/mol. The van der Waals surface area contributed by atoms with E-state index in [0.29, 0.717) is 27.7 Å². The fraction of sp³-hybridized carbons (Fsp3) is 0.444. The molecule has 1 spiro atoms. The lowest BCUT2D eigenvalue weighted by Gasteiger charge is -2.33. The summed E-state index contributed by atoms with van der Waals surface area (Å²) in [6.45, 7) is 3.70. The van der Waals surface area contributed by atoms with Crippen molar-refractivity contribution < 1.29 is 4.74 Å². The Morgan fingerprint density at radius 1 is 1.44 bits per heavy atom. The fourth-order valence-electron chi connectivity index (χ4n) is 3.08. The van der Waals surface area contributed by atoms with Gasteiger partial charge in [-0.1, -0.05) is 11.6 Å². The van der Waals surface area contributed by atoms with Gasteiger partial charge in [-0.3, -0.25) is 0 Å². The quantitative estimate of drug-likeness (QED) is 0.434. The van der Waals surface area contributed by atoms with Gasteiger partial charge in [-0.25, -0.2) is 4.99 Å². The first kappa shape index (κ1) is 17.6. The normalized spacial score (nSPS) is 22.9. The highest BCUT2D eigenvalue weighted by Gasteiger charge is 2.52. The Hall–Kier alpha value is -2.23. The second-order valence-electron chi connectivity index (χ2n) is 6.70. The van der Waals surface area contributed by atoms with Crippen LogP contribution in [0.5, 0.6) is 0 Å². The van der Waals surface area contributed by atoms with Crippen molar-refractivity contribution >= 4 is 23.1 Å². The number of nitrogens with two attached hydrogens (primary N) is 2. The maximum absolute atomic E-state index is 8.88. The van der Waals surface area contributed by atoms with Gasteiger partial charge in [0.15, 0.2) is 5.88 Å². The zero-order valence-electron chi connectivity index (χ0n) is 14.2. The van der Waals surface area contributed by atoms with Crippen molar-refractivity contribution in [3.63, 3.8) is 0 Å². The summed E-state index contributed by atoms with van der Waals surface area (Å²) < 4.78 is 6.04. The predicted octanol–water partition coefficient (Wildman–Crippen LogP) is 2.55. The van der Waals surface area contributed by atoms with Gasteiger partial charge in [0, 0.05) is 12.0 Å². The van der Waals surface area contributed by atoms with Gasteiger partial charge >= 0.3 is 0 Å². The van der Waals surface area contributed by atoms with Gasteiger partial charge in [0.05, 0.1) is 27.9 Å². The Labute approximate surface area is 152 Å². The average molecular weight is 360 g/mol. The zero-order valence-corrected chi connectivity index (χ0v) is 14.9. The summed E-state index contributed by atoms with van der Waals surface area (Å²) in [5, 5.41) is 12.7. The van der Waals surface area contributed by atoms with Crippen molar-refractivity contribution in [2.75, 3.05) is 13.1 Å². The van der Waals surface area contributed by atoms with Crippen molar-refractivity contribution in [3.05, 3.63) is 40.2 Å². The standard InChI is InChI=1S/C18H22ClN5O/c1-11(16(21)24-14-3-2-12(9-20)8-13(14)19)17(22)25-15-4-7-23-10-18(15)5-6-18/h2-3,8,15,23H,4-7,10,22H2,1H3,(H2,21,24)/b17-11+. The number of aliphatic imine (C=N–C) groups is 1. The van der Waals surface area contributed by atoms with Crippen LogP contribution in [0, 0.1) is 16.7 Å². The molecular weight excluding hydrogens is 338 g/mol. The smallest absolute Gasteiger partial charge is 0.191 e. The highest BCUT2D eigenvalue weighted by molar-refractivity contribution is 6.33. The minimum atomic E-state index is 0.120. The number of amidine groups is 1. The van der Waals surface area contributed by atoms with Gasteiger partial charge in [-0.2, -0.15) is 5.26 Å². The van der Waals surface area contributed by atoms with E-state index in [0.717, 1.165) is 19.5 Å². The number of benzene rings is 1. The topological polar surface area (TPSA) is 109 Å². The maximum Gasteiger partial charge on any atom is 0.191 e. The minimum absolute atomic E-state index is 0.120. The summed E-state index contributed by atoms with van der Waals surface area (Å²) in [6, 6.07) is 6.88. The third-order valence-electron chi connectivity index (χ3n) is 4.98. The molecule has 1 heterocycles. The monoisotopic (exact) mass is 359 g/mol. The summed E-state index contributed by atoms with van der Waals surface area (Å²) >= 11 is 6.14. The van der Waals surface area contributed by atoms with Crippen LogP contribution in [0.15, 0.2) is 34.6 Å². The van der Waals surface area contributed by atoms with Crippen molar-refractivity contribution in [1.29, 1.82) is 5.26 Å². The van der Waals surface area contributed by atoms with Crippen LogP contribution in [-0.2, 0) is 4.74 Å². The van der Waals surface area contributed by atoms with Crippen LogP contribution in [0.3, 0.4) is 0 Å². The molecule has 3 rings (SSSR count). The second kappa shape index (κ2) is 6.95. The number of rotatable bonds is 4. The van der Waals surface area contributed by atoms with E-state index >= 15 is 0 Å². The van der Waals surface area contributed by atoms with Crippen LogP contribution < -0.4 is 16.8 Å². The first-order valence-electron chi connectivity index (χ1n) is 8.33. The lowest BCUT2D eigenvalue weighted by atomic mass is 9.93. The molecule has 6 nitrogen and oxygen atoms in total. The molecule has 5 N–H and O–H groups in total. The average Bonchev–Trinajstić information content (AvgIpc) is 3.38. The van der Waals surface area contributed by atoms with E-state index < -0.39 is 0 Å². The number of ether oxygens (including phenoxy) is 1. The van der Waals surface area contributed by atoms with Crippen molar-refractivity contribution in [2.45, 2.75) is 32.3 Å². The van der Waals surface area contributed by atoms with E-state index in [1.165, 1.54) is 12.8 Å². The maximum atomic E-state index is 8.88. The molecule has 2 fully saturated rings. The number of halogens is 1. The van der Waals surface area contributed by atoms with Gasteiger partial charge < -0.3 is 21.5 Å². The minimum Gasteiger partial charge on any atom is -0.475 e. The molecule has 0 radical (unpaired) electrons. The third-order valence-corrected chi connectivity index (χ3v) is 5.28. The van der Waals surface area contributed by atoms with Gasteiger partial charge in [0.2, 0.25) is 0 Å². The molecule has 1 unspecified atom stereocenters. The molecule has 7 heteroatoms. The molecule has 0 amide bonds. The number of hydrogen-bond acceptors (Lipinski definition) is 5. The van der Waals surface area contributed by atoms with Crippen LogP contribution in [0.4, 0.5) is 5.69 Å². The number of nitrogens with one attached hydrogen (secondary N) is 1. The van der Waals surface area contributed by atoms with Crippen LogP contribution >= 0.6 is 11.6 Å². The van der Waals surface area contributed by atoms with E-state index in [-0.39, 0.29) is 17.4 Å². The summed E-state index contributed by atoms with van der Waals surface area (Å²) in [6.07, 6.45) is 3.39. The number of nitrogens with zero attached hydrogens (tertiary/aromatic N) is 2. The third kappa shape index (κ3) is 3.73. The van der Waals surface area contributed by atoms with Crippen molar-refractivity contribution in [3.8, 4) is 6.07 Å². The molecule has 1 aromatic rings. The Morgan fingerprint density at radius 2 is 2.20 bits per heavy atom. The molecule has 1 atom stereocenters. The molecule has 2 aliphatic rings. The van der Waals surface area contributed by atoms with E-state index in [9.17, 15) is 0 Å². The highest BCUT2D eigenvalue weighted by Crippen LogP contribution is 2.52. The molecule has 1 aliphatic heterocycles. The number of nitriles is 1.